The molecule has 0 aromatic carbocycles. The fourth-order valence-electron chi connectivity index (χ4n) is 1.57. The zero-order valence-electron chi connectivity index (χ0n) is 10.6. The molecule has 0 aliphatic rings. The predicted molar refractivity (Wildman–Crippen MR) is 76.8 cm³/mol. The summed E-state index contributed by atoms with van der Waals surface area (Å²) in [4.78, 5) is 17.0. The van der Waals surface area contributed by atoms with Crippen LogP contribution in [0.5, 0.6) is 0 Å². The Balaban J connectivity index is 2.52. The van der Waals surface area contributed by atoms with Crippen LogP contribution in [0.25, 0.3) is 0 Å². The van der Waals surface area contributed by atoms with Crippen LogP contribution in [0.15, 0.2) is 15.9 Å². The minimum absolute atomic E-state index is 0.141. The van der Waals surface area contributed by atoms with Gasteiger partial charge in [-0.15, -0.1) is 11.3 Å². The van der Waals surface area contributed by atoms with E-state index in [0.717, 1.165) is 34.7 Å². The van der Waals surface area contributed by atoms with Gasteiger partial charge in [-0.1, -0.05) is 0 Å². The average molecular weight is 319 g/mol. The number of nitrogens with zero attached hydrogens (tertiary/aromatic N) is 2. The molecule has 3 nitrogen and oxygen atoms in total. The lowest BCUT2D eigenvalue weighted by atomic mass is 10.3. The van der Waals surface area contributed by atoms with Crippen molar-refractivity contribution >= 4 is 33.2 Å². The highest BCUT2D eigenvalue weighted by Crippen LogP contribution is 2.23. The Kier molecular flexibility index (Phi) is 6.16. The summed E-state index contributed by atoms with van der Waals surface area (Å²) in [6.07, 6.45) is 1.01. The van der Waals surface area contributed by atoms with Crippen molar-refractivity contribution in [2.24, 2.45) is 0 Å². The largest absolute Gasteiger partial charge is 0.338 e. The Morgan fingerprint density at radius 3 is 2.53 bits per heavy atom. The van der Waals surface area contributed by atoms with E-state index in [0.29, 0.717) is 0 Å². The fraction of sp³-hybridized carbons (Fsp3) is 0.583. The zero-order chi connectivity index (χ0) is 12.8. The van der Waals surface area contributed by atoms with Crippen LogP contribution in [0.4, 0.5) is 0 Å². The number of halogens is 1. The molecule has 1 amide bonds. The summed E-state index contributed by atoms with van der Waals surface area (Å²) in [5, 5.41) is 0. The van der Waals surface area contributed by atoms with Crippen LogP contribution < -0.4 is 0 Å². The molecule has 0 fully saturated rings. The standard InChI is InChI=1S/C12H19BrN2OS/c1-4-15(9-5-8-14(2)3)12(16)10-6-7-11(13)17-10/h6-7H,4-5,8-9H2,1-3H3. The van der Waals surface area contributed by atoms with Gasteiger partial charge in [0.05, 0.1) is 8.66 Å². The summed E-state index contributed by atoms with van der Waals surface area (Å²) in [6.45, 7) is 4.62. The summed E-state index contributed by atoms with van der Waals surface area (Å²) in [7, 11) is 4.10. The summed E-state index contributed by atoms with van der Waals surface area (Å²) < 4.78 is 1.00. The van der Waals surface area contributed by atoms with Gasteiger partial charge in [-0.05, 0) is 62.0 Å². The minimum Gasteiger partial charge on any atom is -0.338 e. The maximum absolute atomic E-state index is 12.2. The number of carbonyl (C=O) groups excluding carboxylic acids is 1. The first kappa shape index (κ1) is 14.7. The molecule has 0 spiro atoms. The molecule has 0 bridgehead atoms. The number of thiophene rings is 1. The summed E-state index contributed by atoms with van der Waals surface area (Å²) >= 11 is 4.88. The van der Waals surface area contributed by atoms with Crippen molar-refractivity contribution < 1.29 is 4.79 Å². The zero-order valence-corrected chi connectivity index (χ0v) is 13.0. The number of hydrogen-bond acceptors (Lipinski definition) is 3. The molecule has 1 aromatic heterocycles. The lowest BCUT2D eigenvalue weighted by Gasteiger charge is -2.21. The molecule has 0 aliphatic carbocycles. The van der Waals surface area contributed by atoms with Gasteiger partial charge in [-0.25, -0.2) is 0 Å². The van der Waals surface area contributed by atoms with Gasteiger partial charge in [-0.3, -0.25) is 4.79 Å². The third-order valence-corrected chi connectivity index (χ3v) is 4.10. The van der Waals surface area contributed by atoms with Crippen molar-refractivity contribution in [3.63, 3.8) is 0 Å². The first-order chi connectivity index (χ1) is 8.04. The lowest BCUT2D eigenvalue weighted by Crippen LogP contribution is -2.32. The molecule has 0 atom stereocenters. The van der Waals surface area contributed by atoms with Gasteiger partial charge in [0.25, 0.3) is 5.91 Å². The van der Waals surface area contributed by atoms with Gasteiger partial charge in [0.15, 0.2) is 0 Å². The topological polar surface area (TPSA) is 23.6 Å². The van der Waals surface area contributed by atoms with E-state index in [1.165, 1.54) is 11.3 Å². The van der Waals surface area contributed by atoms with Crippen LogP contribution in [-0.2, 0) is 0 Å². The van der Waals surface area contributed by atoms with Gasteiger partial charge in [-0.2, -0.15) is 0 Å². The van der Waals surface area contributed by atoms with Crippen LogP contribution in [-0.4, -0.2) is 49.4 Å². The van der Waals surface area contributed by atoms with E-state index >= 15 is 0 Å². The van der Waals surface area contributed by atoms with Gasteiger partial charge in [0.1, 0.15) is 0 Å². The predicted octanol–water partition coefficient (Wildman–Crippen LogP) is 2.92. The first-order valence-electron chi connectivity index (χ1n) is 5.74. The smallest absolute Gasteiger partial charge is 0.263 e. The van der Waals surface area contributed by atoms with Crippen molar-refractivity contribution in [3.8, 4) is 0 Å². The van der Waals surface area contributed by atoms with Crippen LogP contribution in [0.2, 0.25) is 0 Å². The first-order valence-corrected chi connectivity index (χ1v) is 7.35. The summed E-state index contributed by atoms with van der Waals surface area (Å²) in [6, 6.07) is 3.80. The summed E-state index contributed by atoms with van der Waals surface area (Å²) in [5.41, 5.74) is 0. The van der Waals surface area contributed by atoms with E-state index < -0.39 is 0 Å². The highest BCUT2D eigenvalue weighted by molar-refractivity contribution is 9.11. The molecule has 1 aromatic rings. The molecule has 5 heteroatoms. The van der Waals surface area contributed by atoms with E-state index in [1.807, 2.05) is 24.0 Å². The van der Waals surface area contributed by atoms with E-state index in [2.05, 4.69) is 34.9 Å². The highest BCUT2D eigenvalue weighted by Gasteiger charge is 2.15. The van der Waals surface area contributed by atoms with Crippen molar-refractivity contribution in [2.75, 3.05) is 33.7 Å². The van der Waals surface area contributed by atoms with Crippen LogP contribution in [0, 0.1) is 0 Å². The van der Waals surface area contributed by atoms with Crippen molar-refractivity contribution in [2.45, 2.75) is 13.3 Å². The minimum atomic E-state index is 0.141. The third-order valence-electron chi connectivity index (χ3n) is 2.49. The Labute approximate surface area is 116 Å². The number of hydrogen-bond donors (Lipinski definition) is 0. The average Bonchev–Trinajstić information content (AvgIpc) is 2.70. The second-order valence-corrected chi connectivity index (χ2v) is 6.61. The molecule has 17 heavy (non-hydrogen) atoms. The molecule has 0 radical (unpaired) electrons. The summed E-state index contributed by atoms with van der Waals surface area (Å²) in [5.74, 6) is 0.141. The Morgan fingerprint density at radius 2 is 2.06 bits per heavy atom. The molecule has 96 valence electrons. The molecule has 1 heterocycles. The van der Waals surface area contributed by atoms with Gasteiger partial charge >= 0.3 is 0 Å². The van der Waals surface area contributed by atoms with E-state index in [-0.39, 0.29) is 5.91 Å². The highest BCUT2D eigenvalue weighted by atomic mass is 79.9. The Morgan fingerprint density at radius 1 is 1.35 bits per heavy atom. The van der Waals surface area contributed by atoms with Crippen LogP contribution in [0.1, 0.15) is 23.0 Å². The molecule has 1 rings (SSSR count). The lowest BCUT2D eigenvalue weighted by molar-refractivity contribution is 0.0764. The SMILES string of the molecule is CCN(CCCN(C)C)C(=O)c1ccc(Br)s1. The molecule has 0 saturated heterocycles. The van der Waals surface area contributed by atoms with Crippen LogP contribution >= 0.6 is 27.3 Å². The van der Waals surface area contributed by atoms with Gasteiger partial charge < -0.3 is 9.80 Å². The Bertz CT molecular complexity index is 365. The van der Waals surface area contributed by atoms with Crippen molar-refractivity contribution in [1.82, 2.24) is 9.80 Å². The quantitative estimate of drug-likeness (QED) is 0.805. The second-order valence-electron chi connectivity index (χ2n) is 4.15. The molecule has 0 unspecified atom stereocenters. The number of amides is 1. The van der Waals surface area contributed by atoms with Crippen molar-refractivity contribution in [3.05, 3.63) is 20.8 Å². The molecular weight excluding hydrogens is 300 g/mol. The maximum Gasteiger partial charge on any atom is 0.263 e. The third kappa shape index (κ3) is 4.77. The van der Waals surface area contributed by atoms with Gasteiger partial charge in [0.2, 0.25) is 0 Å². The normalized spacial score (nSPS) is 10.9. The molecule has 0 aliphatic heterocycles. The fourth-order valence-corrected chi connectivity index (χ4v) is 2.92. The van der Waals surface area contributed by atoms with E-state index in [9.17, 15) is 4.79 Å². The maximum atomic E-state index is 12.2. The number of carbonyl (C=O) groups is 1. The number of rotatable bonds is 6. The van der Waals surface area contributed by atoms with Crippen LogP contribution in [0.3, 0.4) is 0 Å². The van der Waals surface area contributed by atoms with E-state index in [4.69, 9.17) is 0 Å². The monoisotopic (exact) mass is 318 g/mol. The molecule has 0 saturated carbocycles. The van der Waals surface area contributed by atoms with Gasteiger partial charge in [0, 0.05) is 13.1 Å². The second kappa shape index (κ2) is 7.13. The Hall–Kier alpha value is -0.390. The van der Waals surface area contributed by atoms with Crippen molar-refractivity contribution in [1.29, 1.82) is 0 Å². The van der Waals surface area contributed by atoms with E-state index in [1.54, 1.807) is 0 Å². The molecule has 0 N–H and O–H groups in total. The molecular formula is C12H19BrN2OS.